The highest BCUT2D eigenvalue weighted by molar-refractivity contribution is 5.95. The van der Waals surface area contributed by atoms with E-state index in [4.69, 9.17) is 0 Å². The molecule has 1 amide bonds. The van der Waals surface area contributed by atoms with E-state index in [0.29, 0.717) is 6.42 Å². The molecule has 0 bridgehead atoms. The third-order valence-corrected chi connectivity index (χ3v) is 3.61. The molecule has 3 rings (SSSR count). The van der Waals surface area contributed by atoms with Gasteiger partial charge in [-0.2, -0.15) is 0 Å². The molecular weight excluding hydrogens is 264 g/mol. The van der Waals surface area contributed by atoms with Crippen LogP contribution in [0.5, 0.6) is 0 Å². The van der Waals surface area contributed by atoms with E-state index < -0.39 is 0 Å². The highest BCUT2D eigenvalue weighted by Gasteiger charge is 2.30. The summed E-state index contributed by atoms with van der Waals surface area (Å²) < 4.78 is 0. The lowest BCUT2D eigenvalue weighted by Gasteiger charge is -2.11. The number of anilines is 1. The van der Waals surface area contributed by atoms with Crippen LogP contribution in [0.3, 0.4) is 0 Å². The summed E-state index contributed by atoms with van der Waals surface area (Å²) in [6.07, 6.45) is 4.23. The molecule has 108 valence electrons. The number of aromatic nitrogens is 1. The van der Waals surface area contributed by atoms with E-state index in [0.717, 1.165) is 16.8 Å². The second kappa shape index (κ2) is 6.03. The fraction of sp³-hybridized carbons (Fsp3) is 0.250. The Balaban J connectivity index is 1.62. The van der Waals surface area contributed by atoms with Gasteiger partial charge in [0, 0.05) is 24.1 Å². The van der Waals surface area contributed by atoms with Crippen LogP contribution in [0.2, 0.25) is 0 Å². The van der Waals surface area contributed by atoms with Gasteiger partial charge in [-0.15, -0.1) is 0 Å². The minimum absolute atomic E-state index is 0.0235. The van der Waals surface area contributed by atoms with Crippen LogP contribution < -0.4 is 16.2 Å². The van der Waals surface area contributed by atoms with Crippen molar-refractivity contribution in [1.29, 1.82) is 0 Å². The van der Waals surface area contributed by atoms with Gasteiger partial charge in [-0.3, -0.25) is 9.78 Å². The topological polar surface area (TPSA) is 66.0 Å². The number of carbonyl (C=O) groups is 1. The van der Waals surface area contributed by atoms with Gasteiger partial charge in [0.15, 0.2) is 0 Å². The van der Waals surface area contributed by atoms with Gasteiger partial charge in [-0.25, -0.2) is 10.9 Å². The summed E-state index contributed by atoms with van der Waals surface area (Å²) >= 11 is 0. The van der Waals surface area contributed by atoms with Crippen LogP contribution in [0.4, 0.5) is 5.69 Å². The van der Waals surface area contributed by atoms with Crippen molar-refractivity contribution in [3.63, 3.8) is 0 Å². The molecular formula is C16H18N4O. The molecule has 0 radical (unpaired) electrons. The summed E-state index contributed by atoms with van der Waals surface area (Å²) in [6.45, 7) is 2.00. The Morgan fingerprint density at radius 1 is 1.24 bits per heavy atom. The minimum atomic E-state index is -0.247. The number of nitrogens with one attached hydrogen (secondary N) is 3. The number of amides is 1. The summed E-state index contributed by atoms with van der Waals surface area (Å²) in [4.78, 5) is 16.3. The van der Waals surface area contributed by atoms with Crippen LogP contribution in [-0.2, 0) is 4.79 Å². The molecule has 0 spiro atoms. The molecule has 1 aromatic carbocycles. The quantitative estimate of drug-likeness (QED) is 0.805. The summed E-state index contributed by atoms with van der Waals surface area (Å²) in [5, 5.41) is 2.94. The second-order valence-corrected chi connectivity index (χ2v) is 5.27. The molecule has 0 aliphatic carbocycles. The van der Waals surface area contributed by atoms with E-state index in [2.05, 4.69) is 21.2 Å². The zero-order valence-electron chi connectivity index (χ0n) is 11.8. The first-order valence-electron chi connectivity index (χ1n) is 7.01. The average Bonchev–Trinajstić information content (AvgIpc) is 2.98. The van der Waals surface area contributed by atoms with Gasteiger partial charge in [0.25, 0.3) is 0 Å². The largest absolute Gasteiger partial charge is 0.325 e. The lowest BCUT2D eigenvalue weighted by Crippen LogP contribution is -2.39. The predicted molar refractivity (Wildman–Crippen MR) is 81.5 cm³/mol. The van der Waals surface area contributed by atoms with Crippen LogP contribution in [0.15, 0.2) is 48.8 Å². The van der Waals surface area contributed by atoms with Crippen LogP contribution in [0, 0.1) is 6.92 Å². The van der Waals surface area contributed by atoms with Gasteiger partial charge >= 0.3 is 0 Å². The van der Waals surface area contributed by atoms with E-state index in [1.54, 1.807) is 12.4 Å². The Kier molecular flexibility index (Phi) is 3.94. The van der Waals surface area contributed by atoms with Crippen molar-refractivity contribution < 1.29 is 4.79 Å². The lowest BCUT2D eigenvalue weighted by atomic mass is 10.0. The monoisotopic (exact) mass is 282 g/mol. The fourth-order valence-corrected chi connectivity index (χ4v) is 2.49. The molecule has 2 atom stereocenters. The van der Waals surface area contributed by atoms with E-state index in [1.807, 2.05) is 43.3 Å². The van der Waals surface area contributed by atoms with Crippen LogP contribution in [0.1, 0.15) is 23.6 Å². The molecule has 5 heteroatoms. The number of aryl methyl sites for hydroxylation is 1. The highest BCUT2D eigenvalue weighted by atomic mass is 16.2. The summed E-state index contributed by atoms with van der Waals surface area (Å²) in [5.41, 5.74) is 9.30. The third kappa shape index (κ3) is 3.26. The molecule has 1 aliphatic rings. The number of pyridine rings is 1. The maximum absolute atomic E-state index is 12.3. The second-order valence-electron chi connectivity index (χ2n) is 5.27. The number of nitrogens with zero attached hydrogens (tertiary/aromatic N) is 1. The normalized spacial score (nSPS) is 21.2. The first-order chi connectivity index (χ1) is 10.2. The summed E-state index contributed by atoms with van der Waals surface area (Å²) in [7, 11) is 0. The molecule has 1 saturated heterocycles. The van der Waals surface area contributed by atoms with Crippen molar-refractivity contribution in [3.8, 4) is 0 Å². The maximum Gasteiger partial charge on any atom is 0.242 e. The average molecular weight is 282 g/mol. The number of hydrogen-bond acceptors (Lipinski definition) is 4. The van der Waals surface area contributed by atoms with Crippen LogP contribution in [0.25, 0.3) is 0 Å². The van der Waals surface area contributed by atoms with Crippen molar-refractivity contribution in [3.05, 3.63) is 59.9 Å². The molecule has 0 saturated carbocycles. The van der Waals surface area contributed by atoms with Crippen LogP contribution >= 0.6 is 0 Å². The standard InChI is InChI=1S/C16H18N4O/c1-11-3-2-4-13(9-11)18-16(21)15-10-14(19-20-15)12-5-7-17-8-6-12/h2-9,14-15,19-20H,10H2,1H3,(H,18,21). The van der Waals surface area contributed by atoms with E-state index >= 15 is 0 Å². The molecule has 2 aromatic rings. The van der Waals surface area contributed by atoms with Crippen LogP contribution in [-0.4, -0.2) is 16.9 Å². The molecule has 2 unspecified atom stereocenters. The Hall–Kier alpha value is -2.24. The van der Waals surface area contributed by atoms with Gasteiger partial charge < -0.3 is 5.32 Å². The first kappa shape index (κ1) is 13.7. The third-order valence-electron chi connectivity index (χ3n) is 3.61. The summed E-state index contributed by atoms with van der Waals surface area (Å²) in [5.74, 6) is -0.0235. The van der Waals surface area contributed by atoms with Crippen molar-refractivity contribution >= 4 is 11.6 Å². The highest BCUT2D eigenvalue weighted by Crippen LogP contribution is 2.22. The van der Waals surface area contributed by atoms with Crippen molar-refractivity contribution in [2.75, 3.05) is 5.32 Å². The smallest absolute Gasteiger partial charge is 0.242 e. The Morgan fingerprint density at radius 2 is 2.05 bits per heavy atom. The van der Waals surface area contributed by atoms with Crippen molar-refractivity contribution in [2.45, 2.75) is 25.4 Å². The number of carbonyl (C=O) groups excluding carboxylic acids is 1. The SMILES string of the molecule is Cc1cccc(NC(=O)C2CC(c3ccncc3)NN2)c1. The molecule has 5 nitrogen and oxygen atoms in total. The van der Waals surface area contributed by atoms with E-state index in [-0.39, 0.29) is 18.0 Å². The molecule has 1 fully saturated rings. The molecule has 3 N–H and O–H groups in total. The van der Waals surface area contributed by atoms with Crippen molar-refractivity contribution in [2.24, 2.45) is 0 Å². The van der Waals surface area contributed by atoms with Gasteiger partial charge in [0.05, 0.1) is 0 Å². The zero-order valence-corrected chi connectivity index (χ0v) is 11.8. The Bertz CT molecular complexity index is 629. The molecule has 1 aliphatic heterocycles. The van der Waals surface area contributed by atoms with Gasteiger partial charge in [-0.1, -0.05) is 12.1 Å². The van der Waals surface area contributed by atoms with Gasteiger partial charge in [-0.05, 0) is 48.7 Å². The van der Waals surface area contributed by atoms with Gasteiger partial charge in [0.2, 0.25) is 5.91 Å². The predicted octanol–water partition coefficient (Wildman–Crippen LogP) is 1.94. The number of benzene rings is 1. The number of hydrazine groups is 1. The lowest BCUT2D eigenvalue weighted by molar-refractivity contribution is -0.117. The Morgan fingerprint density at radius 3 is 2.81 bits per heavy atom. The fourth-order valence-electron chi connectivity index (χ4n) is 2.49. The Labute approximate surface area is 123 Å². The maximum atomic E-state index is 12.3. The zero-order chi connectivity index (χ0) is 14.7. The van der Waals surface area contributed by atoms with Gasteiger partial charge in [0.1, 0.15) is 6.04 Å². The van der Waals surface area contributed by atoms with Crippen molar-refractivity contribution in [1.82, 2.24) is 15.8 Å². The van der Waals surface area contributed by atoms with E-state index in [1.165, 1.54) is 0 Å². The minimum Gasteiger partial charge on any atom is -0.325 e. The van der Waals surface area contributed by atoms with E-state index in [9.17, 15) is 4.79 Å². The first-order valence-corrected chi connectivity index (χ1v) is 7.01. The molecule has 2 heterocycles. The molecule has 1 aromatic heterocycles. The number of rotatable bonds is 3. The number of hydrogen-bond donors (Lipinski definition) is 3. The molecule has 21 heavy (non-hydrogen) atoms. The summed E-state index contributed by atoms with van der Waals surface area (Å²) in [6, 6.07) is 11.6.